The van der Waals surface area contributed by atoms with E-state index in [4.69, 9.17) is 9.47 Å². The summed E-state index contributed by atoms with van der Waals surface area (Å²) in [7, 11) is 0. The topological polar surface area (TPSA) is 47.6 Å². The summed E-state index contributed by atoms with van der Waals surface area (Å²) in [5.41, 5.74) is 1.24. The Bertz CT molecular complexity index is 767. The number of hydrogen-bond donors (Lipinski definition) is 1. The van der Waals surface area contributed by atoms with Crippen molar-refractivity contribution in [1.29, 1.82) is 0 Å². The monoisotopic (exact) mass is 381 g/mol. The van der Waals surface area contributed by atoms with Crippen molar-refractivity contribution in [2.24, 2.45) is 23.7 Å². The first-order valence-electron chi connectivity index (χ1n) is 10.7. The molecule has 0 spiro atoms. The molecule has 4 nitrogen and oxygen atoms in total. The molecule has 28 heavy (non-hydrogen) atoms. The van der Waals surface area contributed by atoms with E-state index in [1.54, 1.807) is 6.08 Å². The summed E-state index contributed by atoms with van der Waals surface area (Å²) in [6.07, 6.45) is 13.8. The molecule has 4 heteroatoms. The SMILES string of the molecule is CC(C)CNC(=O)/C=C/[C@@H]1[C@H]2CCCC[C@H]2C=C[C@@H]1c1ccc2c(c1)OCO2. The maximum atomic E-state index is 12.3. The number of allylic oxidation sites excluding steroid dienone is 3. The third-order valence-electron chi connectivity index (χ3n) is 6.29. The van der Waals surface area contributed by atoms with E-state index in [2.05, 4.69) is 49.5 Å². The molecule has 0 radical (unpaired) electrons. The number of amides is 1. The van der Waals surface area contributed by atoms with Gasteiger partial charge in [-0.05, 0) is 60.3 Å². The fourth-order valence-electron chi connectivity index (χ4n) is 4.84. The lowest BCUT2D eigenvalue weighted by Gasteiger charge is -2.41. The highest BCUT2D eigenvalue weighted by atomic mass is 16.7. The zero-order valence-corrected chi connectivity index (χ0v) is 16.9. The number of benzene rings is 1. The van der Waals surface area contributed by atoms with Gasteiger partial charge in [-0.1, -0.05) is 51.0 Å². The average molecular weight is 382 g/mol. The summed E-state index contributed by atoms with van der Waals surface area (Å²) < 4.78 is 11.1. The van der Waals surface area contributed by atoms with Crippen LogP contribution in [0.2, 0.25) is 0 Å². The van der Waals surface area contributed by atoms with Gasteiger partial charge in [-0.15, -0.1) is 0 Å². The van der Waals surface area contributed by atoms with Crippen LogP contribution in [-0.4, -0.2) is 19.2 Å². The summed E-state index contributed by atoms with van der Waals surface area (Å²) in [6, 6.07) is 6.26. The van der Waals surface area contributed by atoms with Crippen molar-refractivity contribution in [3.8, 4) is 11.5 Å². The highest BCUT2D eigenvalue weighted by Gasteiger charge is 2.37. The van der Waals surface area contributed by atoms with Crippen LogP contribution in [-0.2, 0) is 4.79 Å². The van der Waals surface area contributed by atoms with E-state index < -0.39 is 0 Å². The second kappa shape index (κ2) is 8.42. The van der Waals surface area contributed by atoms with Crippen molar-refractivity contribution < 1.29 is 14.3 Å². The van der Waals surface area contributed by atoms with Gasteiger partial charge in [0.25, 0.3) is 0 Å². The van der Waals surface area contributed by atoms with E-state index >= 15 is 0 Å². The smallest absolute Gasteiger partial charge is 0.243 e. The van der Waals surface area contributed by atoms with Crippen molar-refractivity contribution in [3.63, 3.8) is 0 Å². The Labute approximate surface area is 168 Å². The largest absolute Gasteiger partial charge is 0.454 e. The standard InChI is InChI=1S/C24H31NO3/c1-16(2)14-25-24(26)12-10-21-19-6-4-3-5-17(19)7-9-20(21)18-8-11-22-23(13-18)28-15-27-22/h7-13,16-17,19-21H,3-6,14-15H2,1-2H3,(H,25,26)/b12-10+/t17-,19-,20+,21+/m0/s1. The fraction of sp³-hybridized carbons (Fsp3) is 0.542. The fourth-order valence-corrected chi connectivity index (χ4v) is 4.84. The van der Waals surface area contributed by atoms with Gasteiger partial charge in [0, 0.05) is 12.5 Å². The van der Waals surface area contributed by atoms with Crippen LogP contribution >= 0.6 is 0 Å². The molecule has 1 heterocycles. The van der Waals surface area contributed by atoms with Gasteiger partial charge < -0.3 is 14.8 Å². The highest BCUT2D eigenvalue weighted by molar-refractivity contribution is 5.87. The first kappa shape index (κ1) is 19.1. The Morgan fingerprint density at radius 2 is 2.00 bits per heavy atom. The number of hydrogen-bond acceptors (Lipinski definition) is 3. The minimum Gasteiger partial charge on any atom is -0.454 e. The van der Waals surface area contributed by atoms with Crippen LogP contribution in [0.4, 0.5) is 0 Å². The van der Waals surface area contributed by atoms with Gasteiger partial charge >= 0.3 is 0 Å². The molecular formula is C24H31NO3. The lowest BCUT2D eigenvalue weighted by Crippen LogP contribution is -2.32. The molecule has 1 amide bonds. The van der Waals surface area contributed by atoms with Crippen LogP contribution in [0.5, 0.6) is 11.5 Å². The summed E-state index contributed by atoms with van der Waals surface area (Å²) in [5, 5.41) is 3.00. The quantitative estimate of drug-likeness (QED) is 0.588. The summed E-state index contributed by atoms with van der Waals surface area (Å²) in [4.78, 5) is 12.3. The zero-order chi connectivity index (χ0) is 19.5. The Hall–Kier alpha value is -2.23. The maximum absolute atomic E-state index is 12.3. The number of ether oxygens (including phenoxy) is 2. The van der Waals surface area contributed by atoms with Crippen molar-refractivity contribution >= 4 is 5.91 Å². The molecule has 0 unspecified atom stereocenters. The van der Waals surface area contributed by atoms with Gasteiger partial charge in [-0.25, -0.2) is 0 Å². The molecule has 1 aromatic rings. The molecule has 150 valence electrons. The second-order valence-corrected chi connectivity index (χ2v) is 8.71. The molecule has 0 bridgehead atoms. The van der Waals surface area contributed by atoms with Gasteiger partial charge in [0.15, 0.2) is 11.5 Å². The Balaban J connectivity index is 1.58. The zero-order valence-electron chi connectivity index (χ0n) is 16.9. The molecule has 4 atom stereocenters. The van der Waals surface area contributed by atoms with Gasteiger partial charge in [-0.3, -0.25) is 4.79 Å². The average Bonchev–Trinajstić information content (AvgIpc) is 3.18. The van der Waals surface area contributed by atoms with Crippen molar-refractivity contribution in [1.82, 2.24) is 5.32 Å². The Kier molecular flexibility index (Phi) is 5.74. The highest BCUT2D eigenvalue weighted by Crippen LogP contribution is 2.48. The normalized spacial score (nSPS) is 28.5. The van der Waals surface area contributed by atoms with Crippen LogP contribution in [0.15, 0.2) is 42.5 Å². The molecule has 1 aliphatic heterocycles. The number of nitrogens with one attached hydrogen (secondary N) is 1. The first-order chi connectivity index (χ1) is 13.6. The van der Waals surface area contributed by atoms with E-state index in [0.717, 1.165) is 11.5 Å². The van der Waals surface area contributed by atoms with E-state index in [1.165, 1.54) is 31.2 Å². The van der Waals surface area contributed by atoms with Crippen LogP contribution in [0, 0.1) is 23.7 Å². The van der Waals surface area contributed by atoms with Gasteiger partial charge in [0.2, 0.25) is 12.7 Å². The molecule has 1 N–H and O–H groups in total. The predicted molar refractivity (Wildman–Crippen MR) is 110 cm³/mol. The second-order valence-electron chi connectivity index (χ2n) is 8.71. The van der Waals surface area contributed by atoms with Crippen molar-refractivity contribution in [2.75, 3.05) is 13.3 Å². The molecule has 1 aromatic carbocycles. The minimum atomic E-state index is 0.0139. The number of fused-ring (bicyclic) bond motifs is 2. The van der Waals surface area contributed by atoms with E-state index in [0.29, 0.717) is 37.0 Å². The third-order valence-corrected chi connectivity index (χ3v) is 6.29. The lowest BCUT2D eigenvalue weighted by atomic mass is 9.63. The van der Waals surface area contributed by atoms with Gasteiger partial charge in [0.1, 0.15) is 0 Å². The molecule has 2 aliphatic carbocycles. The van der Waals surface area contributed by atoms with Crippen LogP contribution in [0.25, 0.3) is 0 Å². The van der Waals surface area contributed by atoms with Gasteiger partial charge in [0.05, 0.1) is 0 Å². The number of rotatable bonds is 5. The summed E-state index contributed by atoms with van der Waals surface area (Å²) in [6.45, 7) is 5.23. The van der Waals surface area contributed by atoms with Crippen LogP contribution in [0.1, 0.15) is 51.0 Å². The molecule has 3 aliphatic rings. The molecule has 1 fully saturated rings. The minimum absolute atomic E-state index is 0.0139. The van der Waals surface area contributed by atoms with Gasteiger partial charge in [-0.2, -0.15) is 0 Å². The maximum Gasteiger partial charge on any atom is 0.243 e. The van der Waals surface area contributed by atoms with E-state index in [9.17, 15) is 4.79 Å². The summed E-state index contributed by atoms with van der Waals surface area (Å²) >= 11 is 0. The van der Waals surface area contributed by atoms with E-state index in [-0.39, 0.29) is 11.8 Å². The van der Waals surface area contributed by atoms with Crippen molar-refractivity contribution in [3.05, 3.63) is 48.1 Å². The molecular weight excluding hydrogens is 350 g/mol. The summed E-state index contributed by atoms with van der Waals surface area (Å²) in [5.74, 6) is 3.95. The molecule has 4 rings (SSSR count). The number of carbonyl (C=O) groups excluding carboxylic acids is 1. The molecule has 1 saturated carbocycles. The Morgan fingerprint density at radius 3 is 2.86 bits per heavy atom. The van der Waals surface area contributed by atoms with Crippen LogP contribution in [0.3, 0.4) is 0 Å². The first-order valence-corrected chi connectivity index (χ1v) is 10.7. The van der Waals surface area contributed by atoms with Crippen LogP contribution < -0.4 is 14.8 Å². The predicted octanol–water partition coefficient (Wildman–Crippen LogP) is 4.82. The molecule has 0 saturated heterocycles. The number of carbonyl (C=O) groups is 1. The van der Waals surface area contributed by atoms with Crippen molar-refractivity contribution in [2.45, 2.75) is 45.4 Å². The van der Waals surface area contributed by atoms with E-state index in [1.807, 2.05) is 6.07 Å². The Morgan fingerprint density at radius 1 is 1.18 bits per heavy atom. The lowest BCUT2D eigenvalue weighted by molar-refractivity contribution is -0.116. The molecule has 0 aromatic heterocycles. The third kappa shape index (κ3) is 4.11.